The van der Waals surface area contributed by atoms with Crippen molar-refractivity contribution in [1.82, 2.24) is 5.32 Å². The predicted octanol–water partition coefficient (Wildman–Crippen LogP) is 4.81. The summed E-state index contributed by atoms with van der Waals surface area (Å²) in [5.74, 6) is 1.73. The van der Waals surface area contributed by atoms with E-state index < -0.39 is 0 Å². The number of aryl methyl sites for hydroxylation is 1. The van der Waals surface area contributed by atoms with Gasteiger partial charge in [0.15, 0.2) is 0 Å². The summed E-state index contributed by atoms with van der Waals surface area (Å²) in [5.41, 5.74) is 4.44. The topological polar surface area (TPSA) is 21.3 Å². The molecule has 0 heterocycles. The lowest BCUT2D eigenvalue weighted by Crippen LogP contribution is -2.30. The second kappa shape index (κ2) is 6.37. The Labute approximate surface area is 138 Å². The van der Waals surface area contributed by atoms with Gasteiger partial charge in [-0.1, -0.05) is 36.4 Å². The van der Waals surface area contributed by atoms with Crippen LogP contribution in [-0.2, 0) is 6.42 Å². The number of nitrogens with one attached hydrogen (secondary N) is 1. The molecule has 0 aromatic heterocycles. The van der Waals surface area contributed by atoms with E-state index in [0.717, 1.165) is 11.7 Å². The summed E-state index contributed by atoms with van der Waals surface area (Å²) >= 11 is 0. The van der Waals surface area contributed by atoms with E-state index in [9.17, 15) is 0 Å². The monoisotopic (exact) mass is 307 g/mol. The van der Waals surface area contributed by atoms with Crippen molar-refractivity contribution < 1.29 is 4.74 Å². The van der Waals surface area contributed by atoms with Crippen LogP contribution in [0.15, 0.2) is 48.5 Å². The van der Waals surface area contributed by atoms with Crippen LogP contribution in [0.1, 0.15) is 54.5 Å². The summed E-state index contributed by atoms with van der Waals surface area (Å²) in [4.78, 5) is 0. The summed E-state index contributed by atoms with van der Waals surface area (Å²) < 4.78 is 5.30. The second-order valence-corrected chi connectivity index (χ2v) is 6.90. The lowest BCUT2D eigenvalue weighted by Gasteiger charge is -2.31. The van der Waals surface area contributed by atoms with E-state index in [0.29, 0.717) is 12.1 Å². The van der Waals surface area contributed by atoms with Crippen LogP contribution in [0.4, 0.5) is 0 Å². The number of hydrogen-bond acceptors (Lipinski definition) is 2. The van der Waals surface area contributed by atoms with Crippen LogP contribution in [0.25, 0.3) is 0 Å². The molecule has 2 unspecified atom stereocenters. The third kappa shape index (κ3) is 3.13. The lowest BCUT2D eigenvalue weighted by molar-refractivity contribution is 0.374. The van der Waals surface area contributed by atoms with Crippen LogP contribution < -0.4 is 10.1 Å². The molecule has 0 spiro atoms. The first-order valence-electron chi connectivity index (χ1n) is 8.83. The van der Waals surface area contributed by atoms with Gasteiger partial charge in [0.2, 0.25) is 0 Å². The zero-order valence-electron chi connectivity index (χ0n) is 13.8. The van der Waals surface area contributed by atoms with E-state index >= 15 is 0 Å². The van der Waals surface area contributed by atoms with E-state index in [2.05, 4.69) is 53.8 Å². The molecular weight excluding hydrogens is 282 g/mol. The molecule has 1 fully saturated rings. The van der Waals surface area contributed by atoms with Crippen LogP contribution in [0.5, 0.6) is 5.75 Å². The van der Waals surface area contributed by atoms with Crippen LogP contribution in [0, 0.1) is 5.92 Å². The maximum atomic E-state index is 5.30. The van der Waals surface area contributed by atoms with Gasteiger partial charge in [0.25, 0.3) is 0 Å². The number of ether oxygens (including phenoxy) is 1. The van der Waals surface area contributed by atoms with E-state index in [4.69, 9.17) is 4.74 Å². The highest BCUT2D eigenvalue weighted by Gasteiger charge is 2.34. The molecule has 2 aliphatic carbocycles. The van der Waals surface area contributed by atoms with Gasteiger partial charge in [-0.15, -0.1) is 0 Å². The zero-order valence-corrected chi connectivity index (χ0v) is 13.8. The lowest BCUT2D eigenvalue weighted by atomic mass is 9.86. The molecule has 2 atom stereocenters. The third-order valence-corrected chi connectivity index (χ3v) is 5.32. The molecule has 2 aliphatic rings. The highest BCUT2D eigenvalue weighted by atomic mass is 16.5. The van der Waals surface area contributed by atoms with Crippen LogP contribution >= 0.6 is 0 Å². The van der Waals surface area contributed by atoms with Crippen molar-refractivity contribution in [2.45, 2.75) is 44.2 Å². The number of rotatable bonds is 5. The smallest absolute Gasteiger partial charge is 0.118 e. The normalized spacial score (nSPS) is 21.5. The van der Waals surface area contributed by atoms with Crippen LogP contribution in [-0.4, -0.2) is 7.11 Å². The molecule has 2 aromatic rings. The van der Waals surface area contributed by atoms with Crippen molar-refractivity contribution in [1.29, 1.82) is 0 Å². The average molecular weight is 307 g/mol. The van der Waals surface area contributed by atoms with Crippen molar-refractivity contribution in [3.8, 4) is 5.75 Å². The number of benzene rings is 2. The highest BCUT2D eigenvalue weighted by Crippen LogP contribution is 2.43. The molecule has 2 nitrogen and oxygen atoms in total. The SMILES string of the molecule is COc1ccc(C(NC2CCCc3ccccc32)C2CC2)cc1. The quantitative estimate of drug-likeness (QED) is 0.855. The Bertz CT molecular complexity index is 660. The summed E-state index contributed by atoms with van der Waals surface area (Å²) in [7, 11) is 1.73. The van der Waals surface area contributed by atoms with E-state index in [1.54, 1.807) is 7.11 Å². The molecule has 1 N–H and O–H groups in total. The van der Waals surface area contributed by atoms with Crippen molar-refractivity contribution in [3.63, 3.8) is 0 Å². The minimum Gasteiger partial charge on any atom is -0.497 e. The Kier molecular flexibility index (Phi) is 4.09. The van der Waals surface area contributed by atoms with Gasteiger partial charge in [-0.3, -0.25) is 0 Å². The molecule has 4 rings (SSSR count). The van der Waals surface area contributed by atoms with Gasteiger partial charge in [0.05, 0.1) is 7.11 Å². The molecule has 0 aliphatic heterocycles. The van der Waals surface area contributed by atoms with Gasteiger partial charge < -0.3 is 10.1 Å². The molecule has 23 heavy (non-hydrogen) atoms. The number of fused-ring (bicyclic) bond motifs is 1. The molecule has 2 aromatic carbocycles. The van der Waals surface area contributed by atoms with E-state index in [1.807, 2.05) is 0 Å². The fourth-order valence-electron chi connectivity index (χ4n) is 3.89. The molecule has 0 amide bonds. The first-order chi connectivity index (χ1) is 11.3. The summed E-state index contributed by atoms with van der Waals surface area (Å²) in [6, 6.07) is 18.5. The fourth-order valence-corrected chi connectivity index (χ4v) is 3.89. The standard InChI is InChI=1S/C21H25NO/c1-23-18-13-11-17(12-14-18)21(16-9-10-16)22-20-8-4-6-15-5-2-3-7-19(15)20/h2-3,5,7,11-14,16,20-22H,4,6,8-10H2,1H3. The third-order valence-electron chi connectivity index (χ3n) is 5.32. The first kappa shape index (κ1) is 14.8. The molecule has 2 heteroatoms. The van der Waals surface area contributed by atoms with Gasteiger partial charge in [0.1, 0.15) is 5.75 Å². The molecule has 0 radical (unpaired) electrons. The highest BCUT2D eigenvalue weighted by molar-refractivity contribution is 5.34. The maximum absolute atomic E-state index is 5.30. The largest absolute Gasteiger partial charge is 0.497 e. The molecule has 0 saturated heterocycles. The van der Waals surface area contributed by atoms with Crippen molar-refractivity contribution in [2.75, 3.05) is 7.11 Å². The van der Waals surface area contributed by atoms with Crippen molar-refractivity contribution in [2.24, 2.45) is 5.92 Å². The van der Waals surface area contributed by atoms with E-state index in [1.165, 1.54) is 48.8 Å². The second-order valence-electron chi connectivity index (χ2n) is 6.90. The average Bonchev–Trinajstić information content (AvgIpc) is 3.45. The van der Waals surface area contributed by atoms with Gasteiger partial charge in [-0.2, -0.15) is 0 Å². The van der Waals surface area contributed by atoms with Gasteiger partial charge in [0, 0.05) is 12.1 Å². The van der Waals surface area contributed by atoms with Gasteiger partial charge >= 0.3 is 0 Å². The molecule has 1 saturated carbocycles. The van der Waals surface area contributed by atoms with Crippen LogP contribution in [0.2, 0.25) is 0 Å². The van der Waals surface area contributed by atoms with Gasteiger partial charge in [-0.05, 0) is 66.8 Å². The number of methoxy groups -OCH3 is 1. The van der Waals surface area contributed by atoms with Gasteiger partial charge in [-0.25, -0.2) is 0 Å². The van der Waals surface area contributed by atoms with Crippen LogP contribution in [0.3, 0.4) is 0 Å². The van der Waals surface area contributed by atoms with Crippen molar-refractivity contribution in [3.05, 3.63) is 65.2 Å². The first-order valence-corrected chi connectivity index (χ1v) is 8.83. The zero-order chi connectivity index (χ0) is 15.6. The predicted molar refractivity (Wildman–Crippen MR) is 93.7 cm³/mol. The molecule has 120 valence electrons. The Hall–Kier alpha value is -1.80. The van der Waals surface area contributed by atoms with E-state index in [-0.39, 0.29) is 0 Å². The number of hydrogen-bond donors (Lipinski definition) is 1. The Balaban J connectivity index is 1.57. The van der Waals surface area contributed by atoms with Crippen molar-refractivity contribution >= 4 is 0 Å². The summed E-state index contributed by atoms with van der Waals surface area (Å²) in [5, 5.41) is 3.99. The Morgan fingerprint density at radius 1 is 1.00 bits per heavy atom. The minimum atomic E-state index is 0.470. The fraction of sp³-hybridized carbons (Fsp3) is 0.429. The molecule has 0 bridgehead atoms. The minimum absolute atomic E-state index is 0.470. The summed E-state index contributed by atoms with van der Waals surface area (Å²) in [6.07, 6.45) is 6.45. The maximum Gasteiger partial charge on any atom is 0.118 e. The molecular formula is C21H25NO. The Morgan fingerprint density at radius 3 is 2.52 bits per heavy atom. The Morgan fingerprint density at radius 2 is 1.78 bits per heavy atom. The summed E-state index contributed by atoms with van der Waals surface area (Å²) in [6.45, 7) is 0.